The zero-order chi connectivity index (χ0) is 9.71. The second kappa shape index (κ2) is 22.4. The van der Waals surface area contributed by atoms with Crippen molar-refractivity contribution >= 4 is 17.9 Å². The van der Waals surface area contributed by atoms with Gasteiger partial charge in [-0.3, -0.25) is 0 Å². The molecule has 0 saturated carbocycles. The van der Waals surface area contributed by atoms with E-state index >= 15 is 0 Å². The van der Waals surface area contributed by atoms with Gasteiger partial charge in [-0.15, -0.1) is 0 Å². The molecule has 7 nitrogen and oxygen atoms in total. The summed E-state index contributed by atoms with van der Waals surface area (Å²) in [5.74, 6) is 0. The van der Waals surface area contributed by atoms with Crippen molar-refractivity contribution in [1.82, 2.24) is 0 Å². The van der Waals surface area contributed by atoms with E-state index in [1.165, 1.54) is 0 Å². The molecule has 0 aromatic heterocycles. The van der Waals surface area contributed by atoms with Crippen LogP contribution in [0, 0.1) is 0 Å². The van der Waals surface area contributed by atoms with Crippen LogP contribution in [0.15, 0.2) is 0 Å². The maximum absolute atomic E-state index is 9.83. The normalized spacial score (nSPS) is 8.80. The summed E-state index contributed by atoms with van der Waals surface area (Å²) in [5.41, 5.74) is 0. The zero-order valence-corrected chi connectivity index (χ0v) is 37.1. The Morgan fingerprint density at radius 1 is 0.867 bits per heavy atom. The molecule has 0 aromatic carbocycles. The van der Waals surface area contributed by atoms with E-state index in [0.29, 0.717) is 0 Å². The molecule has 0 bridgehead atoms. The van der Waals surface area contributed by atoms with Gasteiger partial charge in [0.15, 0.2) is 0 Å². The van der Waals surface area contributed by atoms with Gasteiger partial charge in [0, 0.05) is 7.11 Å². The van der Waals surface area contributed by atoms with Crippen molar-refractivity contribution in [3.63, 3.8) is 0 Å². The summed E-state index contributed by atoms with van der Waals surface area (Å²) in [4.78, 5) is 51.5. The van der Waals surface area contributed by atoms with Crippen molar-refractivity contribution < 1.29 is 309 Å². The topological polar surface area (TPSA) is 142 Å². The van der Waals surface area contributed by atoms with E-state index in [0.717, 1.165) is 13.7 Å². The van der Waals surface area contributed by atoms with Crippen LogP contribution in [0.1, 0.15) is 0 Å². The monoisotopic (exact) mass is 732 g/mol. The Labute approximate surface area is 327 Å². The first-order valence-corrected chi connectivity index (χ1v) is 6.31. The first kappa shape index (κ1) is 38.8. The van der Waals surface area contributed by atoms with Crippen molar-refractivity contribution in [2.45, 2.75) is 6.55 Å². The number of hydrogen-bond acceptors (Lipinski definition) is 7. The minimum Gasteiger partial charge on any atom is -0.849 e. The molecule has 0 aromatic rings. The SMILES string of the molecule is CO[Si](C)([O-])[O-].[Cs+].[Cs+].[Cs+].[Cs+].[O-][Si]([O-])(O)O. The van der Waals surface area contributed by atoms with E-state index in [1.54, 1.807) is 0 Å². The van der Waals surface area contributed by atoms with Gasteiger partial charge in [-0.25, -0.2) is 0 Å². The summed E-state index contributed by atoms with van der Waals surface area (Å²) in [7, 11) is -7.60. The average Bonchev–Trinajstić information content (AvgIpc) is 1.59. The molecular formula is C2H8Cs4O7Si2. The molecule has 0 radical (unpaired) electrons. The molecule has 0 aliphatic rings. The molecule has 0 atom stereocenters. The second-order valence-electron chi connectivity index (χ2n) is 1.61. The Morgan fingerprint density at radius 3 is 0.933 bits per heavy atom. The molecule has 0 fully saturated rings. The Bertz CT molecular complexity index is 98.1. The minimum absolute atomic E-state index is 0. The third kappa shape index (κ3) is 71.8. The van der Waals surface area contributed by atoms with E-state index in [-0.39, 0.29) is 276 Å². The molecule has 0 saturated heterocycles. The molecule has 0 aliphatic heterocycles. The van der Waals surface area contributed by atoms with E-state index in [4.69, 9.17) is 19.2 Å². The van der Waals surface area contributed by atoms with Gasteiger partial charge in [0.05, 0.1) is 0 Å². The van der Waals surface area contributed by atoms with E-state index < -0.39 is 17.9 Å². The van der Waals surface area contributed by atoms with Gasteiger partial charge in [-0.2, -0.15) is 0 Å². The standard InChI is InChI=1S/C2H6O3Si.4Cs.H2O4Si/c1-5-6(2,3)4;;;;;1-5(2,3)4/h1-2H3;;;;;1-2H/q-2;4*+1;-2. The average molecular weight is 732 g/mol. The summed E-state index contributed by atoms with van der Waals surface area (Å²) < 4.78 is 3.97. The van der Waals surface area contributed by atoms with Crippen LogP contribution >= 0.6 is 0 Å². The zero-order valence-electron chi connectivity index (χ0n) is 9.94. The van der Waals surface area contributed by atoms with Gasteiger partial charge in [-0.05, 0) is 8.80 Å². The molecule has 0 aliphatic carbocycles. The van der Waals surface area contributed by atoms with Crippen LogP contribution in [0.5, 0.6) is 0 Å². The predicted molar refractivity (Wildman–Crippen MR) is 28.8 cm³/mol. The van der Waals surface area contributed by atoms with Gasteiger partial charge in [-0.1, -0.05) is 6.55 Å². The van der Waals surface area contributed by atoms with Crippen molar-refractivity contribution in [3.8, 4) is 0 Å². The fourth-order valence-electron chi connectivity index (χ4n) is 0. The molecule has 0 heterocycles. The summed E-state index contributed by atoms with van der Waals surface area (Å²) >= 11 is 0. The Hall–Kier alpha value is 8.36. The third-order valence-corrected chi connectivity index (χ3v) is 1.11. The molecular weight excluding hydrogens is 724 g/mol. The first-order chi connectivity index (χ1) is 4.56. The summed E-state index contributed by atoms with van der Waals surface area (Å²) in [6.07, 6.45) is 0. The quantitative estimate of drug-likeness (QED) is 0.256. The van der Waals surface area contributed by atoms with Gasteiger partial charge in [0.1, 0.15) is 9.05 Å². The van der Waals surface area contributed by atoms with E-state index in [1.807, 2.05) is 0 Å². The first-order valence-electron chi connectivity index (χ1n) is 2.38. The van der Waals surface area contributed by atoms with Crippen LogP contribution in [0.2, 0.25) is 6.55 Å². The molecule has 2 N–H and O–H groups in total. The van der Waals surface area contributed by atoms with Gasteiger partial charge in [0.25, 0.3) is 0 Å². The van der Waals surface area contributed by atoms with Crippen LogP contribution in [-0.4, -0.2) is 34.6 Å². The number of rotatable bonds is 1. The third-order valence-electron chi connectivity index (χ3n) is 0.371. The number of hydrogen-bond donors (Lipinski definition) is 2. The van der Waals surface area contributed by atoms with Crippen LogP contribution in [-0.2, 0) is 4.43 Å². The molecule has 70 valence electrons. The molecule has 0 amide bonds. The van der Waals surface area contributed by atoms with Gasteiger partial charge >= 0.3 is 276 Å². The van der Waals surface area contributed by atoms with Gasteiger partial charge in [0.2, 0.25) is 0 Å². The van der Waals surface area contributed by atoms with E-state index in [9.17, 15) is 9.59 Å². The fraction of sp³-hybridized carbons (Fsp3) is 1.00. The maximum Gasteiger partial charge on any atom is 1.00 e. The fourth-order valence-corrected chi connectivity index (χ4v) is 0. The van der Waals surface area contributed by atoms with Gasteiger partial charge < -0.3 is 33.2 Å². The smallest absolute Gasteiger partial charge is 0.849 e. The molecule has 15 heavy (non-hydrogen) atoms. The molecule has 0 rings (SSSR count). The predicted octanol–water partition coefficient (Wildman–Crippen LogP) is -17.9. The largest absolute Gasteiger partial charge is 1.00 e. The van der Waals surface area contributed by atoms with Crippen molar-refractivity contribution in [1.29, 1.82) is 0 Å². The van der Waals surface area contributed by atoms with Crippen molar-refractivity contribution in [2.24, 2.45) is 0 Å². The molecule has 13 heteroatoms. The Kier molecular flexibility index (Phi) is 57.8. The van der Waals surface area contributed by atoms with Crippen molar-refractivity contribution in [2.75, 3.05) is 7.11 Å². The van der Waals surface area contributed by atoms with Crippen molar-refractivity contribution in [3.05, 3.63) is 0 Å². The summed E-state index contributed by atoms with van der Waals surface area (Å²) in [5, 5.41) is 0. The summed E-state index contributed by atoms with van der Waals surface area (Å²) in [6.45, 7) is 1.05. The maximum atomic E-state index is 9.83. The minimum atomic E-state index is -5.11. The second-order valence-corrected chi connectivity index (χ2v) is 4.84. The van der Waals surface area contributed by atoms with Crippen LogP contribution in [0.4, 0.5) is 0 Å². The van der Waals surface area contributed by atoms with Crippen LogP contribution < -0.4 is 295 Å². The Morgan fingerprint density at radius 2 is 0.933 bits per heavy atom. The Balaban J connectivity index is -0.0000000215. The molecule has 0 spiro atoms. The van der Waals surface area contributed by atoms with Crippen LogP contribution in [0.25, 0.3) is 0 Å². The van der Waals surface area contributed by atoms with E-state index in [2.05, 4.69) is 4.43 Å². The summed E-state index contributed by atoms with van der Waals surface area (Å²) in [6, 6.07) is 0. The molecule has 0 unspecified atom stereocenters. The van der Waals surface area contributed by atoms with Crippen LogP contribution in [0.3, 0.4) is 0 Å².